The van der Waals surface area contributed by atoms with Crippen LogP contribution in [0.1, 0.15) is 6.92 Å². The summed E-state index contributed by atoms with van der Waals surface area (Å²) in [4.78, 5) is 30.7. The summed E-state index contributed by atoms with van der Waals surface area (Å²) in [7, 11) is 0. The van der Waals surface area contributed by atoms with E-state index < -0.39 is 6.10 Å². The van der Waals surface area contributed by atoms with Crippen molar-refractivity contribution in [2.45, 2.75) is 13.0 Å². The number of anilines is 2. The van der Waals surface area contributed by atoms with Crippen LogP contribution in [0.3, 0.4) is 0 Å². The van der Waals surface area contributed by atoms with Crippen LogP contribution in [0.5, 0.6) is 5.75 Å². The smallest absolute Gasteiger partial charge is 0.268 e. The molecule has 1 atom stereocenters. The van der Waals surface area contributed by atoms with Crippen molar-refractivity contribution in [1.82, 2.24) is 4.98 Å². The summed E-state index contributed by atoms with van der Waals surface area (Å²) in [5.41, 5.74) is 1.44. The van der Waals surface area contributed by atoms with Gasteiger partial charge in [0.15, 0.2) is 11.2 Å². The molecule has 2 aromatic carbocycles. The lowest BCUT2D eigenvalue weighted by Crippen LogP contribution is -2.47. The number of thiazole rings is 1. The molecular weight excluding hydrogens is 338 g/mol. The standard InChI is InChI=1S/C18H15N3O3S/c1-11-17(23)21(13-7-3-4-8-14(13)24-11)10-16(22)20-18-19-12-6-2-5-9-15(12)25-18/h2-9,11H,10H2,1H3,(H,19,20,22). The third-order valence-corrected chi connectivity index (χ3v) is 4.87. The number of hydrogen-bond acceptors (Lipinski definition) is 5. The Morgan fingerprint density at radius 1 is 1.24 bits per heavy atom. The molecule has 0 saturated carbocycles. The Kier molecular flexibility index (Phi) is 3.85. The molecule has 6 nitrogen and oxygen atoms in total. The molecule has 3 aromatic rings. The fourth-order valence-corrected chi connectivity index (χ4v) is 3.63. The molecule has 1 aromatic heterocycles. The van der Waals surface area contributed by atoms with Crippen molar-refractivity contribution in [2.24, 2.45) is 0 Å². The van der Waals surface area contributed by atoms with Crippen molar-refractivity contribution in [3.05, 3.63) is 48.5 Å². The number of nitrogens with one attached hydrogen (secondary N) is 1. The van der Waals surface area contributed by atoms with Crippen LogP contribution in [0.15, 0.2) is 48.5 Å². The Morgan fingerprint density at radius 2 is 2.00 bits per heavy atom. The first-order chi connectivity index (χ1) is 12.1. The van der Waals surface area contributed by atoms with E-state index in [4.69, 9.17) is 4.74 Å². The number of nitrogens with zero attached hydrogens (tertiary/aromatic N) is 2. The SMILES string of the molecule is CC1Oc2ccccc2N(CC(=O)Nc2nc3ccccc3s2)C1=O. The van der Waals surface area contributed by atoms with Gasteiger partial charge in [0, 0.05) is 0 Å². The molecule has 1 N–H and O–H groups in total. The fraction of sp³-hybridized carbons (Fsp3) is 0.167. The highest BCUT2D eigenvalue weighted by Crippen LogP contribution is 2.33. The fourth-order valence-electron chi connectivity index (χ4n) is 2.75. The number of amides is 2. The lowest BCUT2D eigenvalue weighted by Gasteiger charge is -2.32. The maximum absolute atomic E-state index is 12.4. The Labute approximate surface area is 148 Å². The molecule has 1 aliphatic heterocycles. The molecule has 0 bridgehead atoms. The molecule has 1 aliphatic rings. The van der Waals surface area contributed by atoms with E-state index in [1.165, 1.54) is 16.2 Å². The lowest BCUT2D eigenvalue weighted by atomic mass is 10.2. The van der Waals surface area contributed by atoms with Crippen molar-refractivity contribution in [1.29, 1.82) is 0 Å². The normalized spacial score (nSPS) is 16.4. The molecule has 1 unspecified atom stereocenters. The van der Waals surface area contributed by atoms with Crippen molar-refractivity contribution in [3.8, 4) is 5.75 Å². The van der Waals surface area contributed by atoms with Crippen LogP contribution in [0.25, 0.3) is 10.2 Å². The van der Waals surface area contributed by atoms with Gasteiger partial charge in [-0.2, -0.15) is 0 Å². The van der Waals surface area contributed by atoms with Crippen LogP contribution in [0.2, 0.25) is 0 Å². The summed E-state index contributed by atoms with van der Waals surface area (Å²) in [6, 6.07) is 14.9. The number of ether oxygens (including phenoxy) is 1. The van der Waals surface area contributed by atoms with Crippen LogP contribution in [-0.4, -0.2) is 29.4 Å². The number of aromatic nitrogens is 1. The Bertz CT molecular complexity index is 936. The van der Waals surface area contributed by atoms with Gasteiger partial charge in [-0.3, -0.25) is 14.5 Å². The third kappa shape index (κ3) is 2.94. The van der Waals surface area contributed by atoms with Gasteiger partial charge >= 0.3 is 0 Å². The number of carbonyl (C=O) groups excluding carboxylic acids is 2. The highest BCUT2D eigenvalue weighted by atomic mass is 32.1. The first-order valence-corrected chi connectivity index (χ1v) is 8.66. The average Bonchev–Trinajstić information content (AvgIpc) is 3.01. The quantitative estimate of drug-likeness (QED) is 0.786. The summed E-state index contributed by atoms with van der Waals surface area (Å²) in [5, 5.41) is 3.30. The van der Waals surface area contributed by atoms with Crippen LogP contribution < -0.4 is 15.0 Å². The first-order valence-electron chi connectivity index (χ1n) is 7.84. The summed E-state index contributed by atoms with van der Waals surface area (Å²) in [5.74, 6) is 0.0665. The van der Waals surface area contributed by atoms with Crippen LogP contribution in [0, 0.1) is 0 Å². The summed E-state index contributed by atoms with van der Waals surface area (Å²) in [6.07, 6.45) is -0.620. The minimum atomic E-state index is -0.620. The van der Waals surface area contributed by atoms with Gasteiger partial charge in [-0.05, 0) is 31.2 Å². The highest BCUT2D eigenvalue weighted by Gasteiger charge is 2.32. The number of hydrogen-bond donors (Lipinski definition) is 1. The zero-order valence-corrected chi connectivity index (χ0v) is 14.2. The van der Waals surface area contributed by atoms with E-state index in [1.807, 2.05) is 36.4 Å². The second-order valence-corrected chi connectivity index (χ2v) is 6.72. The second-order valence-electron chi connectivity index (χ2n) is 5.69. The van der Waals surface area contributed by atoms with E-state index in [0.717, 1.165) is 10.2 Å². The average molecular weight is 353 g/mol. The van der Waals surface area contributed by atoms with E-state index in [-0.39, 0.29) is 18.4 Å². The molecule has 4 rings (SSSR count). The van der Waals surface area contributed by atoms with Crippen molar-refractivity contribution >= 4 is 44.2 Å². The topological polar surface area (TPSA) is 71.5 Å². The zero-order valence-electron chi connectivity index (χ0n) is 13.4. The Balaban J connectivity index is 1.54. The molecule has 0 fully saturated rings. The first kappa shape index (κ1) is 15.6. The predicted octanol–water partition coefficient (Wildman–Crippen LogP) is 3.05. The van der Waals surface area contributed by atoms with Gasteiger partial charge in [0.1, 0.15) is 12.3 Å². The Hall–Kier alpha value is -2.93. The van der Waals surface area contributed by atoms with E-state index in [0.29, 0.717) is 16.6 Å². The summed E-state index contributed by atoms with van der Waals surface area (Å²) < 4.78 is 6.58. The number of carbonyl (C=O) groups is 2. The minimum Gasteiger partial charge on any atom is -0.479 e. The van der Waals surface area contributed by atoms with Crippen molar-refractivity contribution in [3.63, 3.8) is 0 Å². The van der Waals surface area contributed by atoms with E-state index >= 15 is 0 Å². The van der Waals surface area contributed by atoms with Crippen LogP contribution >= 0.6 is 11.3 Å². The largest absolute Gasteiger partial charge is 0.479 e. The second kappa shape index (κ2) is 6.18. The highest BCUT2D eigenvalue weighted by molar-refractivity contribution is 7.22. The molecule has 7 heteroatoms. The van der Waals surface area contributed by atoms with Gasteiger partial charge in [0.25, 0.3) is 5.91 Å². The number of para-hydroxylation sites is 3. The number of benzene rings is 2. The predicted molar refractivity (Wildman–Crippen MR) is 97.1 cm³/mol. The monoisotopic (exact) mass is 353 g/mol. The van der Waals surface area contributed by atoms with Crippen molar-refractivity contribution < 1.29 is 14.3 Å². The van der Waals surface area contributed by atoms with Crippen molar-refractivity contribution in [2.75, 3.05) is 16.8 Å². The molecule has 126 valence electrons. The molecule has 0 aliphatic carbocycles. The molecule has 2 heterocycles. The zero-order chi connectivity index (χ0) is 17.4. The van der Waals surface area contributed by atoms with E-state index in [2.05, 4.69) is 10.3 Å². The molecule has 25 heavy (non-hydrogen) atoms. The maximum Gasteiger partial charge on any atom is 0.268 e. The van der Waals surface area contributed by atoms with Gasteiger partial charge in [0.05, 0.1) is 15.9 Å². The molecule has 0 spiro atoms. The van der Waals surface area contributed by atoms with E-state index in [9.17, 15) is 9.59 Å². The number of fused-ring (bicyclic) bond motifs is 2. The summed E-state index contributed by atoms with van der Waals surface area (Å²) >= 11 is 1.40. The van der Waals surface area contributed by atoms with Gasteiger partial charge in [0.2, 0.25) is 5.91 Å². The third-order valence-electron chi connectivity index (χ3n) is 3.92. The van der Waals surface area contributed by atoms with Gasteiger partial charge in [-0.15, -0.1) is 0 Å². The maximum atomic E-state index is 12.4. The minimum absolute atomic E-state index is 0.0839. The van der Waals surface area contributed by atoms with E-state index in [1.54, 1.807) is 19.1 Å². The van der Waals surface area contributed by atoms with Crippen LogP contribution in [0.4, 0.5) is 10.8 Å². The number of rotatable bonds is 3. The molecule has 0 saturated heterocycles. The Morgan fingerprint density at radius 3 is 2.84 bits per heavy atom. The lowest BCUT2D eigenvalue weighted by molar-refractivity contribution is -0.127. The molecule has 2 amide bonds. The van der Waals surface area contributed by atoms with Gasteiger partial charge in [-0.1, -0.05) is 35.6 Å². The molecular formula is C18H15N3O3S. The van der Waals surface area contributed by atoms with Crippen LogP contribution in [-0.2, 0) is 9.59 Å². The molecule has 0 radical (unpaired) electrons. The summed E-state index contributed by atoms with van der Waals surface area (Å²) in [6.45, 7) is 1.59. The van der Waals surface area contributed by atoms with Gasteiger partial charge < -0.3 is 10.1 Å². The van der Waals surface area contributed by atoms with Gasteiger partial charge in [-0.25, -0.2) is 4.98 Å².